The van der Waals surface area contributed by atoms with E-state index in [-0.39, 0.29) is 43.6 Å². The van der Waals surface area contributed by atoms with Crippen molar-refractivity contribution < 1.29 is 23.8 Å². The number of amides is 1. The minimum atomic E-state index is -0.695. The number of hydrogen-bond donors (Lipinski definition) is 1. The monoisotopic (exact) mass is 311 g/mol. The molecule has 22 heavy (non-hydrogen) atoms. The van der Waals surface area contributed by atoms with Crippen molar-refractivity contribution in [3.05, 3.63) is 35.6 Å². The van der Waals surface area contributed by atoms with Crippen LogP contribution < -0.4 is 0 Å². The number of nitrogens with zero attached hydrogens (tertiary/aromatic N) is 1. The van der Waals surface area contributed by atoms with E-state index < -0.39 is 6.10 Å². The molecule has 0 fully saturated rings. The van der Waals surface area contributed by atoms with Gasteiger partial charge in [0.05, 0.1) is 25.6 Å². The first-order valence-electron chi connectivity index (χ1n) is 7.28. The van der Waals surface area contributed by atoms with Gasteiger partial charge in [-0.2, -0.15) is 0 Å². The van der Waals surface area contributed by atoms with Crippen molar-refractivity contribution >= 4 is 11.9 Å². The number of carbonyl (C=O) groups is 2. The highest BCUT2D eigenvalue weighted by molar-refractivity contribution is 5.79. The van der Waals surface area contributed by atoms with E-state index in [1.165, 1.54) is 17.0 Å². The highest BCUT2D eigenvalue weighted by Crippen LogP contribution is 2.07. The van der Waals surface area contributed by atoms with Crippen molar-refractivity contribution in [3.63, 3.8) is 0 Å². The Hall–Kier alpha value is -1.95. The van der Waals surface area contributed by atoms with Gasteiger partial charge in [0.25, 0.3) is 0 Å². The van der Waals surface area contributed by atoms with Crippen molar-refractivity contribution in [2.24, 2.45) is 0 Å². The van der Waals surface area contributed by atoms with Gasteiger partial charge in [-0.05, 0) is 31.5 Å². The highest BCUT2D eigenvalue weighted by atomic mass is 19.1. The van der Waals surface area contributed by atoms with Gasteiger partial charge in [-0.15, -0.1) is 0 Å². The van der Waals surface area contributed by atoms with Crippen molar-refractivity contribution in [2.45, 2.75) is 32.8 Å². The van der Waals surface area contributed by atoms with Gasteiger partial charge in [0.15, 0.2) is 0 Å². The van der Waals surface area contributed by atoms with Gasteiger partial charge >= 0.3 is 5.97 Å². The Morgan fingerprint density at radius 1 is 1.32 bits per heavy atom. The summed E-state index contributed by atoms with van der Waals surface area (Å²) in [7, 11) is 0. The summed E-state index contributed by atoms with van der Waals surface area (Å²) in [6.45, 7) is 3.90. The van der Waals surface area contributed by atoms with E-state index in [9.17, 15) is 19.1 Å². The lowest BCUT2D eigenvalue weighted by Gasteiger charge is -2.24. The van der Waals surface area contributed by atoms with E-state index in [0.29, 0.717) is 12.2 Å². The first kappa shape index (κ1) is 18.1. The normalized spacial score (nSPS) is 11.8. The zero-order valence-corrected chi connectivity index (χ0v) is 12.9. The van der Waals surface area contributed by atoms with Crippen LogP contribution in [0.25, 0.3) is 0 Å². The Balaban J connectivity index is 2.63. The molecule has 1 unspecified atom stereocenters. The predicted molar refractivity (Wildman–Crippen MR) is 79.6 cm³/mol. The first-order valence-corrected chi connectivity index (χ1v) is 7.28. The third-order valence-corrected chi connectivity index (χ3v) is 3.00. The molecule has 0 aliphatic carbocycles. The summed E-state index contributed by atoms with van der Waals surface area (Å²) in [5.74, 6) is -0.969. The molecule has 0 radical (unpaired) electrons. The Morgan fingerprint density at radius 2 is 1.95 bits per heavy atom. The summed E-state index contributed by atoms with van der Waals surface area (Å²) in [5.41, 5.74) is 0.679. The Kier molecular flexibility index (Phi) is 7.52. The fourth-order valence-corrected chi connectivity index (χ4v) is 1.98. The van der Waals surface area contributed by atoms with Gasteiger partial charge < -0.3 is 14.7 Å². The fraction of sp³-hybridized carbons (Fsp3) is 0.500. The average molecular weight is 311 g/mol. The third kappa shape index (κ3) is 6.67. The van der Waals surface area contributed by atoms with E-state index in [1.54, 1.807) is 26.0 Å². The van der Waals surface area contributed by atoms with Gasteiger partial charge in [0.2, 0.25) is 5.91 Å². The average Bonchev–Trinajstić information content (AvgIpc) is 2.45. The number of halogens is 1. The van der Waals surface area contributed by atoms with Crippen LogP contribution in [-0.4, -0.2) is 47.7 Å². The van der Waals surface area contributed by atoms with Crippen molar-refractivity contribution in [3.8, 4) is 0 Å². The molecular formula is C16H22FNO4. The molecule has 1 atom stereocenters. The molecule has 1 rings (SSSR count). The first-order chi connectivity index (χ1) is 10.4. The van der Waals surface area contributed by atoms with Crippen LogP contribution in [-0.2, 0) is 20.7 Å². The second-order valence-electron chi connectivity index (χ2n) is 5.05. The van der Waals surface area contributed by atoms with E-state index in [0.717, 1.165) is 0 Å². The lowest BCUT2D eigenvalue weighted by Crippen LogP contribution is -2.39. The smallest absolute Gasteiger partial charge is 0.307 e. The number of carbonyl (C=O) groups excluding carboxylic acids is 2. The summed E-state index contributed by atoms with van der Waals surface area (Å²) >= 11 is 0. The second kappa shape index (κ2) is 9.15. The van der Waals surface area contributed by atoms with Gasteiger partial charge in [-0.3, -0.25) is 9.59 Å². The lowest BCUT2D eigenvalue weighted by atomic mass is 10.1. The number of rotatable bonds is 8. The molecule has 1 amide bonds. The van der Waals surface area contributed by atoms with Crippen LogP contribution in [0.2, 0.25) is 0 Å². The maximum Gasteiger partial charge on any atom is 0.307 e. The van der Waals surface area contributed by atoms with Gasteiger partial charge in [0.1, 0.15) is 5.82 Å². The van der Waals surface area contributed by atoms with E-state index in [1.807, 2.05) is 0 Å². The van der Waals surface area contributed by atoms with Gasteiger partial charge in [0, 0.05) is 13.1 Å². The number of hydrogen-bond acceptors (Lipinski definition) is 4. The van der Waals surface area contributed by atoms with Crippen LogP contribution in [0.3, 0.4) is 0 Å². The second-order valence-corrected chi connectivity index (χ2v) is 5.05. The Bertz CT molecular complexity index is 487. The number of ether oxygens (including phenoxy) is 1. The van der Waals surface area contributed by atoms with Crippen LogP contribution in [0.15, 0.2) is 24.3 Å². The summed E-state index contributed by atoms with van der Waals surface area (Å²) in [6.07, 6.45) is -0.523. The molecule has 0 saturated carbocycles. The lowest BCUT2D eigenvalue weighted by molar-refractivity contribution is -0.144. The third-order valence-electron chi connectivity index (χ3n) is 3.00. The zero-order chi connectivity index (χ0) is 16.5. The molecule has 1 aromatic carbocycles. The molecule has 1 N–H and O–H groups in total. The van der Waals surface area contributed by atoms with E-state index >= 15 is 0 Å². The zero-order valence-electron chi connectivity index (χ0n) is 12.9. The molecule has 6 heteroatoms. The molecule has 1 aromatic rings. The topological polar surface area (TPSA) is 66.8 Å². The van der Waals surface area contributed by atoms with Crippen molar-refractivity contribution in [2.75, 3.05) is 19.7 Å². The summed E-state index contributed by atoms with van der Waals surface area (Å²) in [6, 6.07) is 5.67. The summed E-state index contributed by atoms with van der Waals surface area (Å²) in [5, 5.41) is 9.48. The van der Waals surface area contributed by atoms with Crippen LogP contribution >= 0.6 is 0 Å². The molecule has 122 valence electrons. The summed E-state index contributed by atoms with van der Waals surface area (Å²) in [4.78, 5) is 25.1. The Morgan fingerprint density at radius 3 is 2.50 bits per heavy atom. The van der Waals surface area contributed by atoms with E-state index in [2.05, 4.69) is 0 Å². The SMILES string of the molecule is CCOC(=O)CCN(CC(C)O)C(=O)Cc1ccc(F)cc1. The molecule has 0 bridgehead atoms. The minimum Gasteiger partial charge on any atom is -0.466 e. The number of aliphatic hydroxyl groups excluding tert-OH is 1. The van der Waals surface area contributed by atoms with Crippen LogP contribution in [0.5, 0.6) is 0 Å². The van der Waals surface area contributed by atoms with Crippen LogP contribution in [0.1, 0.15) is 25.8 Å². The predicted octanol–water partition coefficient (Wildman–Crippen LogP) is 1.53. The minimum absolute atomic E-state index is 0.0791. The quantitative estimate of drug-likeness (QED) is 0.739. The van der Waals surface area contributed by atoms with E-state index in [4.69, 9.17) is 4.74 Å². The largest absolute Gasteiger partial charge is 0.466 e. The number of benzene rings is 1. The maximum absolute atomic E-state index is 12.9. The maximum atomic E-state index is 12.9. The fourth-order valence-electron chi connectivity index (χ4n) is 1.98. The molecule has 0 heterocycles. The molecule has 5 nitrogen and oxygen atoms in total. The molecule has 0 aromatic heterocycles. The molecule has 0 aliphatic rings. The van der Waals surface area contributed by atoms with Crippen molar-refractivity contribution in [1.82, 2.24) is 4.90 Å². The van der Waals surface area contributed by atoms with Gasteiger partial charge in [-0.25, -0.2) is 4.39 Å². The molecular weight excluding hydrogens is 289 g/mol. The number of aliphatic hydroxyl groups is 1. The standard InChI is InChI=1S/C16H22FNO4/c1-3-22-16(21)8-9-18(11-12(2)19)15(20)10-13-4-6-14(17)7-5-13/h4-7,12,19H,3,8-11H2,1-2H3. The van der Waals surface area contributed by atoms with Gasteiger partial charge in [-0.1, -0.05) is 12.1 Å². The molecule has 0 saturated heterocycles. The van der Waals surface area contributed by atoms with Crippen molar-refractivity contribution in [1.29, 1.82) is 0 Å². The summed E-state index contributed by atoms with van der Waals surface area (Å²) < 4.78 is 17.7. The molecule has 0 spiro atoms. The van der Waals surface area contributed by atoms with Crippen LogP contribution in [0, 0.1) is 5.82 Å². The Labute approximate surface area is 129 Å². The highest BCUT2D eigenvalue weighted by Gasteiger charge is 2.17. The molecule has 0 aliphatic heterocycles. The van der Waals surface area contributed by atoms with Crippen LogP contribution in [0.4, 0.5) is 4.39 Å². The number of esters is 1.